The van der Waals surface area contributed by atoms with Crippen molar-refractivity contribution in [2.75, 3.05) is 62.3 Å². The quantitative estimate of drug-likeness (QED) is 0.763. The molecule has 0 bridgehead atoms. The Morgan fingerprint density at radius 2 is 1.57 bits per heavy atom. The number of hydrogen-bond acceptors (Lipinski definition) is 6. The average Bonchev–Trinajstić information content (AvgIpc) is 2.56. The Kier molecular flexibility index (Phi) is 4.19. The molecule has 0 saturated carbocycles. The van der Waals surface area contributed by atoms with E-state index in [4.69, 9.17) is 4.74 Å². The fourth-order valence-electron chi connectivity index (χ4n) is 2.73. The highest BCUT2D eigenvalue weighted by Crippen LogP contribution is 2.19. The van der Waals surface area contributed by atoms with E-state index in [1.165, 1.54) is 0 Å². The Bertz CT molecular complexity index is 496. The van der Waals surface area contributed by atoms with Crippen LogP contribution < -0.4 is 9.80 Å². The largest absolute Gasteiger partial charge is 0.378 e. The van der Waals surface area contributed by atoms with Crippen molar-refractivity contribution >= 4 is 17.5 Å². The van der Waals surface area contributed by atoms with Crippen LogP contribution in [0.2, 0.25) is 0 Å². The lowest BCUT2D eigenvalue weighted by molar-refractivity contribution is -0.129. The molecule has 7 nitrogen and oxygen atoms in total. The molecule has 0 atom stereocenters. The van der Waals surface area contributed by atoms with Gasteiger partial charge in [-0.2, -0.15) is 0 Å². The minimum Gasteiger partial charge on any atom is -0.378 e. The van der Waals surface area contributed by atoms with E-state index in [0.717, 1.165) is 64.1 Å². The van der Waals surface area contributed by atoms with Crippen molar-refractivity contribution in [3.05, 3.63) is 12.4 Å². The zero-order chi connectivity index (χ0) is 14.7. The first-order chi connectivity index (χ1) is 10.2. The third kappa shape index (κ3) is 3.24. The number of amides is 1. The van der Waals surface area contributed by atoms with Gasteiger partial charge < -0.3 is 19.4 Å². The van der Waals surface area contributed by atoms with Crippen LogP contribution >= 0.6 is 0 Å². The molecule has 2 fully saturated rings. The van der Waals surface area contributed by atoms with Crippen molar-refractivity contribution < 1.29 is 9.53 Å². The van der Waals surface area contributed by atoms with Gasteiger partial charge in [-0.25, -0.2) is 9.97 Å². The van der Waals surface area contributed by atoms with Gasteiger partial charge in [-0.05, 0) is 0 Å². The fourth-order valence-corrected chi connectivity index (χ4v) is 2.73. The second-order valence-electron chi connectivity index (χ2n) is 5.33. The third-order valence-electron chi connectivity index (χ3n) is 4.02. The summed E-state index contributed by atoms with van der Waals surface area (Å²) in [5.41, 5.74) is 0. The summed E-state index contributed by atoms with van der Waals surface area (Å²) in [6, 6.07) is 2.04. The summed E-state index contributed by atoms with van der Waals surface area (Å²) in [4.78, 5) is 26.4. The molecule has 0 aliphatic carbocycles. The van der Waals surface area contributed by atoms with E-state index >= 15 is 0 Å². The Labute approximate surface area is 124 Å². The van der Waals surface area contributed by atoms with Gasteiger partial charge in [-0.3, -0.25) is 4.79 Å². The fraction of sp³-hybridized carbons (Fsp3) is 0.643. The Balaban J connectivity index is 1.67. The maximum absolute atomic E-state index is 11.4. The SMILES string of the molecule is CC(=O)N1CCN(c2cc(N3CCOCC3)ncn2)CC1. The lowest BCUT2D eigenvalue weighted by Crippen LogP contribution is -2.48. The van der Waals surface area contributed by atoms with Crippen molar-refractivity contribution in [3.8, 4) is 0 Å². The van der Waals surface area contributed by atoms with Crippen LogP contribution in [0.4, 0.5) is 11.6 Å². The van der Waals surface area contributed by atoms with E-state index in [2.05, 4.69) is 19.8 Å². The first-order valence-electron chi connectivity index (χ1n) is 7.39. The van der Waals surface area contributed by atoms with E-state index in [9.17, 15) is 4.79 Å². The van der Waals surface area contributed by atoms with Crippen LogP contribution in [0.25, 0.3) is 0 Å². The molecule has 21 heavy (non-hydrogen) atoms. The topological polar surface area (TPSA) is 61.8 Å². The van der Waals surface area contributed by atoms with Crippen LogP contribution in [0, 0.1) is 0 Å². The number of carbonyl (C=O) groups is 1. The van der Waals surface area contributed by atoms with Crippen molar-refractivity contribution in [1.82, 2.24) is 14.9 Å². The van der Waals surface area contributed by atoms with Gasteiger partial charge in [0.25, 0.3) is 0 Å². The summed E-state index contributed by atoms with van der Waals surface area (Å²) in [5, 5.41) is 0. The Morgan fingerprint density at radius 1 is 1.00 bits per heavy atom. The predicted octanol–water partition coefficient (Wildman–Crippen LogP) is -0.0183. The first kappa shape index (κ1) is 14.1. The molecule has 1 aromatic rings. The number of nitrogens with zero attached hydrogens (tertiary/aromatic N) is 5. The van der Waals surface area contributed by atoms with E-state index in [0.29, 0.717) is 0 Å². The molecular weight excluding hydrogens is 270 g/mol. The molecule has 3 heterocycles. The van der Waals surface area contributed by atoms with Gasteiger partial charge in [0.1, 0.15) is 18.0 Å². The predicted molar refractivity (Wildman–Crippen MR) is 79.5 cm³/mol. The normalized spacial score (nSPS) is 19.8. The highest BCUT2D eigenvalue weighted by atomic mass is 16.5. The molecule has 2 saturated heterocycles. The minimum absolute atomic E-state index is 0.145. The zero-order valence-corrected chi connectivity index (χ0v) is 12.4. The summed E-state index contributed by atoms with van der Waals surface area (Å²) >= 11 is 0. The number of piperazine rings is 1. The smallest absolute Gasteiger partial charge is 0.219 e. The number of anilines is 2. The van der Waals surface area contributed by atoms with Crippen LogP contribution in [-0.4, -0.2) is 73.3 Å². The van der Waals surface area contributed by atoms with Gasteiger partial charge in [0.05, 0.1) is 13.2 Å². The van der Waals surface area contributed by atoms with Crippen molar-refractivity contribution in [2.45, 2.75) is 6.92 Å². The lowest BCUT2D eigenvalue weighted by Gasteiger charge is -2.35. The van der Waals surface area contributed by atoms with Crippen molar-refractivity contribution in [1.29, 1.82) is 0 Å². The number of carbonyl (C=O) groups excluding carboxylic acids is 1. The molecule has 3 rings (SSSR count). The summed E-state index contributed by atoms with van der Waals surface area (Å²) in [6.45, 7) is 8.00. The molecule has 1 aromatic heterocycles. The number of hydrogen-bond donors (Lipinski definition) is 0. The standard InChI is InChI=1S/C14H21N5O2/c1-12(20)17-2-4-18(5-3-17)13-10-14(16-11-15-13)19-6-8-21-9-7-19/h10-11H,2-9H2,1H3. The molecule has 1 amide bonds. The Hall–Kier alpha value is -1.89. The number of morpholine rings is 1. The van der Waals surface area contributed by atoms with Crippen molar-refractivity contribution in [3.63, 3.8) is 0 Å². The molecule has 114 valence electrons. The van der Waals surface area contributed by atoms with Gasteiger partial charge in [0.2, 0.25) is 5.91 Å². The highest BCUT2D eigenvalue weighted by Gasteiger charge is 2.21. The van der Waals surface area contributed by atoms with Gasteiger partial charge in [-0.1, -0.05) is 0 Å². The Morgan fingerprint density at radius 3 is 2.14 bits per heavy atom. The van der Waals surface area contributed by atoms with E-state index in [1.54, 1.807) is 13.3 Å². The molecule has 7 heteroatoms. The molecule has 0 spiro atoms. The number of ether oxygens (including phenoxy) is 1. The summed E-state index contributed by atoms with van der Waals surface area (Å²) in [5.74, 6) is 2.04. The lowest BCUT2D eigenvalue weighted by atomic mass is 10.3. The first-order valence-corrected chi connectivity index (χ1v) is 7.39. The van der Waals surface area contributed by atoms with Crippen LogP contribution in [0.3, 0.4) is 0 Å². The summed E-state index contributed by atoms with van der Waals surface area (Å²) in [6.07, 6.45) is 1.62. The molecule has 2 aliphatic heterocycles. The molecule has 0 aromatic carbocycles. The zero-order valence-electron chi connectivity index (χ0n) is 12.4. The van der Waals surface area contributed by atoms with Crippen LogP contribution in [-0.2, 0) is 9.53 Å². The summed E-state index contributed by atoms with van der Waals surface area (Å²) < 4.78 is 5.37. The van der Waals surface area contributed by atoms with Gasteiger partial charge in [0.15, 0.2) is 0 Å². The molecular formula is C14H21N5O2. The van der Waals surface area contributed by atoms with E-state index in [-0.39, 0.29) is 5.91 Å². The summed E-state index contributed by atoms with van der Waals surface area (Å²) in [7, 11) is 0. The average molecular weight is 291 g/mol. The molecule has 0 radical (unpaired) electrons. The van der Waals surface area contributed by atoms with Crippen LogP contribution in [0.5, 0.6) is 0 Å². The third-order valence-corrected chi connectivity index (χ3v) is 4.02. The highest BCUT2D eigenvalue weighted by molar-refractivity contribution is 5.73. The van der Waals surface area contributed by atoms with Gasteiger partial charge >= 0.3 is 0 Å². The molecule has 0 N–H and O–H groups in total. The second-order valence-corrected chi connectivity index (χ2v) is 5.33. The van der Waals surface area contributed by atoms with Gasteiger partial charge in [-0.15, -0.1) is 0 Å². The molecule has 0 unspecified atom stereocenters. The number of rotatable bonds is 2. The minimum atomic E-state index is 0.145. The van der Waals surface area contributed by atoms with Crippen LogP contribution in [0.1, 0.15) is 6.92 Å². The van der Waals surface area contributed by atoms with Gasteiger partial charge in [0, 0.05) is 52.3 Å². The maximum Gasteiger partial charge on any atom is 0.219 e. The number of aromatic nitrogens is 2. The molecule has 2 aliphatic rings. The van der Waals surface area contributed by atoms with E-state index < -0.39 is 0 Å². The van der Waals surface area contributed by atoms with E-state index in [1.807, 2.05) is 11.0 Å². The monoisotopic (exact) mass is 291 g/mol. The van der Waals surface area contributed by atoms with Crippen molar-refractivity contribution in [2.24, 2.45) is 0 Å². The van der Waals surface area contributed by atoms with Crippen LogP contribution in [0.15, 0.2) is 12.4 Å². The maximum atomic E-state index is 11.4. The second kappa shape index (κ2) is 6.26.